The van der Waals surface area contributed by atoms with Crippen molar-refractivity contribution in [3.63, 3.8) is 0 Å². The Kier molecular flexibility index (Phi) is 3.93. The summed E-state index contributed by atoms with van der Waals surface area (Å²) in [5, 5.41) is 0. The van der Waals surface area contributed by atoms with Crippen LogP contribution in [0.3, 0.4) is 0 Å². The summed E-state index contributed by atoms with van der Waals surface area (Å²) in [4.78, 5) is 10.5. The van der Waals surface area contributed by atoms with Gasteiger partial charge in [0.1, 0.15) is 18.2 Å². The molecular formula is C12H22N4O. The Labute approximate surface area is 103 Å². The second kappa shape index (κ2) is 4.87. The molecule has 0 saturated heterocycles. The summed E-state index contributed by atoms with van der Waals surface area (Å²) < 4.78 is 5.75. The van der Waals surface area contributed by atoms with Crippen LogP contribution in [-0.4, -0.2) is 41.1 Å². The highest BCUT2D eigenvalue weighted by molar-refractivity contribution is 5.44. The monoisotopic (exact) mass is 238 g/mol. The topological polar surface area (TPSA) is 64.3 Å². The Balaban J connectivity index is 2.83. The maximum absolute atomic E-state index is 5.78. The van der Waals surface area contributed by atoms with E-state index in [2.05, 4.69) is 28.7 Å². The minimum atomic E-state index is -0.0555. The van der Waals surface area contributed by atoms with E-state index in [0.29, 0.717) is 24.1 Å². The number of nitrogens with zero attached hydrogens (tertiary/aromatic N) is 3. The number of nitrogen functional groups attached to an aromatic ring is 1. The Bertz CT molecular complexity index is 402. The number of aromatic nitrogens is 2. The number of hydrogen-bond acceptors (Lipinski definition) is 5. The van der Waals surface area contributed by atoms with Crippen LogP contribution in [0, 0.1) is 13.8 Å². The van der Waals surface area contributed by atoms with Crippen LogP contribution < -0.4 is 10.5 Å². The number of hydrogen-bond donors (Lipinski definition) is 1. The highest BCUT2D eigenvalue weighted by Gasteiger charge is 2.22. The molecule has 5 heteroatoms. The van der Waals surface area contributed by atoms with Gasteiger partial charge in [-0.25, -0.2) is 4.98 Å². The zero-order valence-corrected chi connectivity index (χ0v) is 11.5. The first-order valence-corrected chi connectivity index (χ1v) is 5.65. The van der Waals surface area contributed by atoms with Crippen molar-refractivity contribution in [2.75, 3.05) is 26.4 Å². The number of nitrogens with two attached hydrogens (primary N) is 1. The summed E-state index contributed by atoms with van der Waals surface area (Å²) in [6.07, 6.45) is 0. The minimum absolute atomic E-state index is 0.0555. The zero-order valence-electron chi connectivity index (χ0n) is 11.5. The molecule has 5 nitrogen and oxygen atoms in total. The van der Waals surface area contributed by atoms with Gasteiger partial charge < -0.3 is 15.4 Å². The summed E-state index contributed by atoms with van der Waals surface area (Å²) in [5.74, 6) is 1.69. The zero-order chi connectivity index (χ0) is 13.2. The number of likely N-dealkylation sites (N-methyl/N-ethyl adjacent to an activating group) is 1. The van der Waals surface area contributed by atoms with E-state index in [1.165, 1.54) is 0 Å². The van der Waals surface area contributed by atoms with Crippen molar-refractivity contribution in [2.24, 2.45) is 0 Å². The summed E-state index contributed by atoms with van der Waals surface area (Å²) in [6.45, 7) is 8.45. The van der Waals surface area contributed by atoms with Crippen LogP contribution >= 0.6 is 0 Å². The third-order valence-electron chi connectivity index (χ3n) is 3.02. The summed E-state index contributed by atoms with van der Waals surface area (Å²) in [6, 6.07) is 0. The maximum atomic E-state index is 5.78. The van der Waals surface area contributed by atoms with Gasteiger partial charge in [0.15, 0.2) is 0 Å². The average Bonchev–Trinajstić information content (AvgIpc) is 2.21. The molecular weight excluding hydrogens is 216 g/mol. The molecule has 0 saturated carbocycles. The van der Waals surface area contributed by atoms with E-state index in [1.54, 1.807) is 6.92 Å². The largest absolute Gasteiger partial charge is 0.475 e. The van der Waals surface area contributed by atoms with E-state index >= 15 is 0 Å². The minimum Gasteiger partial charge on any atom is -0.475 e. The van der Waals surface area contributed by atoms with Gasteiger partial charge in [-0.2, -0.15) is 4.98 Å². The molecule has 1 heterocycles. The molecule has 17 heavy (non-hydrogen) atoms. The van der Waals surface area contributed by atoms with Gasteiger partial charge in [0.2, 0.25) is 5.88 Å². The van der Waals surface area contributed by atoms with Crippen molar-refractivity contribution in [3.8, 4) is 5.88 Å². The van der Waals surface area contributed by atoms with Crippen LogP contribution in [0.15, 0.2) is 0 Å². The van der Waals surface area contributed by atoms with Gasteiger partial charge >= 0.3 is 0 Å². The molecule has 1 aromatic heterocycles. The average molecular weight is 238 g/mol. The number of rotatable bonds is 4. The highest BCUT2D eigenvalue weighted by atomic mass is 16.5. The summed E-state index contributed by atoms with van der Waals surface area (Å²) in [5.41, 5.74) is 6.52. The Hall–Kier alpha value is -1.36. The van der Waals surface area contributed by atoms with Crippen molar-refractivity contribution in [2.45, 2.75) is 33.2 Å². The Morgan fingerprint density at radius 3 is 2.35 bits per heavy atom. The molecule has 2 N–H and O–H groups in total. The maximum Gasteiger partial charge on any atom is 0.221 e. The highest BCUT2D eigenvalue weighted by Crippen LogP contribution is 2.21. The second-order valence-corrected chi connectivity index (χ2v) is 5.08. The number of aryl methyl sites for hydroxylation is 1. The van der Waals surface area contributed by atoms with Gasteiger partial charge in [0.25, 0.3) is 0 Å². The first kappa shape index (κ1) is 13.7. The molecule has 0 aromatic carbocycles. The standard InChI is InChI=1S/C12H22N4O/c1-8-10(13)14-9(2)15-11(8)17-7-12(3,4)16(5)6/h7H2,1-6H3,(H2,13,14,15). The van der Waals surface area contributed by atoms with Crippen LogP contribution in [-0.2, 0) is 0 Å². The van der Waals surface area contributed by atoms with E-state index in [9.17, 15) is 0 Å². The number of anilines is 1. The van der Waals surface area contributed by atoms with Crippen molar-refractivity contribution < 1.29 is 4.74 Å². The number of ether oxygens (including phenoxy) is 1. The molecule has 0 fully saturated rings. The molecule has 1 aromatic rings. The molecule has 0 amide bonds. The van der Waals surface area contributed by atoms with Gasteiger partial charge in [0, 0.05) is 5.54 Å². The predicted molar refractivity (Wildman–Crippen MR) is 69.2 cm³/mol. The smallest absolute Gasteiger partial charge is 0.221 e. The van der Waals surface area contributed by atoms with E-state index in [1.807, 2.05) is 21.0 Å². The van der Waals surface area contributed by atoms with Crippen LogP contribution in [0.5, 0.6) is 5.88 Å². The van der Waals surface area contributed by atoms with Crippen molar-refractivity contribution in [3.05, 3.63) is 11.4 Å². The third kappa shape index (κ3) is 3.30. The van der Waals surface area contributed by atoms with E-state index in [0.717, 1.165) is 5.56 Å². The van der Waals surface area contributed by atoms with E-state index in [4.69, 9.17) is 10.5 Å². The van der Waals surface area contributed by atoms with Gasteiger partial charge in [0.05, 0.1) is 5.56 Å². The van der Waals surface area contributed by atoms with E-state index < -0.39 is 0 Å². The lowest BCUT2D eigenvalue weighted by Gasteiger charge is -2.32. The lowest BCUT2D eigenvalue weighted by molar-refractivity contribution is 0.110. The van der Waals surface area contributed by atoms with Gasteiger partial charge in [-0.15, -0.1) is 0 Å². The first-order chi connectivity index (χ1) is 7.74. The van der Waals surface area contributed by atoms with Gasteiger partial charge in [-0.3, -0.25) is 0 Å². The fourth-order valence-electron chi connectivity index (χ4n) is 1.14. The van der Waals surface area contributed by atoms with Crippen molar-refractivity contribution in [1.29, 1.82) is 0 Å². The molecule has 96 valence electrons. The molecule has 1 rings (SSSR count). The van der Waals surface area contributed by atoms with Crippen LogP contribution in [0.2, 0.25) is 0 Å². The van der Waals surface area contributed by atoms with Gasteiger partial charge in [-0.05, 0) is 41.8 Å². The fraction of sp³-hybridized carbons (Fsp3) is 0.667. The van der Waals surface area contributed by atoms with E-state index in [-0.39, 0.29) is 5.54 Å². The van der Waals surface area contributed by atoms with Crippen molar-refractivity contribution in [1.82, 2.24) is 14.9 Å². The molecule has 0 aliphatic carbocycles. The molecule has 0 radical (unpaired) electrons. The Morgan fingerprint density at radius 1 is 1.24 bits per heavy atom. The summed E-state index contributed by atoms with van der Waals surface area (Å²) >= 11 is 0. The molecule has 0 bridgehead atoms. The van der Waals surface area contributed by atoms with Gasteiger partial charge in [-0.1, -0.05) is 0 Å². The lowest BCUT2D eigenvalue weighted by atomic mass is 10.1. The molecule has 0 spiro atoms. The van der Waals surface area contributed by atoms with Crippen molar-refractivity contribution >= 4 is 5.82 Å². The van der Waals surface area contributed by atoms with Crippen LogP contribution in [0.1, 0.15) is 25.2 Å². The quantitative estimate of drug-likeness (QED) is 0.859. The predicted octanol–water partition coefficient (Wildman–Crippen LogP) is 1.39. The second-order valence-electron chi connectivity index (χ2n) is 5.08. The molecule has 0 aliphatic rings. The molecule has 0 aliphatic heterocycles. The third-order valence-corrected chi connectivity index (χ3v) is 3.02. The normalized spacial score (nSPS) is 11.9. The fourth-order valence-corrected chi connectivity index (χ4v) is 1.14. The summed E-state index contributed by atoms with van der Waals surface area (Å²) in [7, 11) is 4.05. The lowest BCUT2D eigenvalue weighted by Crippen LogP contribution is -2.43. The molecule has 0 unspecified atom stereocenters. The first-order valence-electron chi connectivity index (χ1n) is 5.65. The Morgan fingerprint density at radius 2 is 1.82 bits per heavy atom. The van der Waals surface area contributed by atoms with Crippen LogP contribution in [0.25, 0.3) is 0 Å². The SMILES string of the molecule is Cc1nc(N)c(C)c(OCC(C)(C)N(C)C)n1. The molecule has 0 atom stereocenters. The van der Waals surface area contributed by atoms with Crippen LogP contribution in [0.4, 0.5) is 5.82 Å².